The highest BCUT2D eigenvalue weighted by Gasteiger charge is 2.23. The lowest BCUT2D eigenvalue weighted by atomic mass is 9.97. The van der Waals surface area contributed by atoms with Gasteiger partial charge in [-0.25, -0.2) is 0 Å². The van der Waals surface area contributed by atoms with Gasteiger partial charge >= 0.3 is 0 Å². The Balaban J connectivity index is 1.61. The molecule has 3 aromatic carbocycles. The van der Waals surface area contributed by atoms with Crippen LogP contribution in [-0.4, -0.2) is 36.2 Å². The first-order valence-electron chi connectivity index (χ1n) is 10.9. The van der Waals surface area contributed by atoms with E-state index in [-0.39, 0.29) is 12.4 Å². The number of fused-ring (bicyclic) bond motifs is 1. The lowest BCUT2D eigenvalue weighted by Crippen LogP contribution is -2.35. The monoisotopic (exact) mass is 463 g/mol. The molecule has 0 saturated heterocycles. The van der Waals surface area contributed by atoms with Crippen LogP contribution in [0.25, 0.3) is 22.3 Å². The summed E-state index contributed by atoms with van der Waals surface area (Å²) in [4.78, 5) is 13.4. The molecule has 1 unspecified atom stereocenters. The van der Waals surface area contributed by atoms with Crippen molar-refractivity contribution in [3.05, 3.63) is 88.9 Å². The lowest BCUT2D eigenvalue weighted by molar-refractivity contribution is 0.103. The summed E-state index contributed by atoms with van der Waals surface area (Å²) in [7, 11) is 0. The first-order chi connectivity index (χ1) is 15.9. The molecule has 0 aliphatic carbocycles. The molecule has 0 spiro atoms. The average molecular weight is 464 g/mol. The van der Waals surface area contributed by atoms with E-state index < -0.39 is 6.10 Å². The highest BCUT2D eigenvalue weighted by atomic mass is 35.5. The predicted molar refractivity (Wildman–Crippen MR) is 131 cm³/mol. The molecule has 0 saturated carbocycles. The van der Waals surface area contributed by atoms with Crippen molar-refractivity contribution in [1.82, 2.24) is 5.32 Å². The summed E-state index contributed by atoms with van der Waals surface area (Å²) < 4.78 is 11.8. The number of aliphatic hydroxyl groups excluding tert-OH is 1. The fourth-order valence-electron chi connectivity index (χ4n) is 3.57. The zero-order chi connectivity index (χ0) is 23.4. The van der Waals surface area contributed by atoms with Crippen LogP contribution < -0.4 is 10.1 Å². The largest absolute Gasteiger partial charge is 0.491 e. The summed E-state index contributed by atoms with van der Waals surface area (Å²) in [6.07, 6.45) is -0.607. The van der Waals surface area contributed by atoms with E-state index in [1.54, 1.807) is 36.4 Å². The molecule has 33 heavy (non-hydrogen) atoms. The fourth-order valence-corrected chi connectivity index (χ4v) is 3.76. The second-order valence-corrected chi connectivity index (χ2v) is 8.63. The predicted octanol–water partition coefficient (Wildman–Crippen LogP) is 5.72. The molecular formula is C27H26ClNO4. The first-order valence-corrected chi connectivity index (χ1v) is 11.3. The Labute approximate surface area is 197 Å². The maximum absolute atomic E-state index is 13.4. The number of aliphatic hydroxyl groups is 1. The molecule has 1 aromatic heterocycles. The van der Waals surface area contributed by atoms with E-state index in [4.69, 9.17) is 20.8 Å². The van der Waals surface area contributed by atoms with Crippen molar-refractivity contribution in [2.75, 3.05) is 13.2 Å². The van der Waals surface area contributed by atoms with Gasteiger partial charge in [-0.3, -0.25) is 4.79 Å². The van der Waals surface area contributed by atoms with Gasteiger partial charge in [0.25, 0.3) is 0 Å². The fraction of sp³-hybridized carbons (Fsp3) is 0.222. The van der Waals surface area contributed by atoms with Crippen molar-refractivity contribution in [3.63, 3.8) is 0 Å². The molecule has 5 nitrogen and oxygen atoms in total. The molecule has 6 heteroatoms. The van der Waals surface area contributed by atoms with Gasteiger partial charge in [-0.1, -0.05) is 55.8 Å². The molecule has 170 valence electrons. The molecule has 2 N–H and O–H groups in total. The third-order valence-electron chi connectivity index (χ3n) is 5.23. The van der Waals surface area contributed by atoms with Crippen LogP contribution >= 0.6 is 11.6 Å². The SMILES string of the molecule is CC(C)NCC(O)COc1ccc(-c2oc3ccccc3c2C(=O)c2cccc(Cl)c2)cc1. The van der Waals surface area contributed by atoms with Crippen LogP contribution in [0.4, 0.5) is 0 Å². The van der Waals surface area contributed by atoms with Crippen LogP contribution in [0.15, 0.2) is 77.2 Å². The normalized spacial score (nSPS) is 12.3. The minimum Gasteiger partial charge on any atom is -0.491 e. The van der Waals surface area contributed by atoms with E-state index in [2.05, 4.69) is 5.32 Å². The Morgan fingerprint density at radius 2 is 1.82 bits per heavy atom. The standard InChI is InChI=1S/C27H26ClNO4/c1-17(2)29-15-21(30)16-32-22-12-10-18(11-13-22)27-25(23-8-3-4-9-24(23)33-27)26(31)19-6-5-7-20(28)14-19/h3-14,17,21,29-30H,15-16H2,1-2H3. The lowest BCUT2D eigenvalue weighted by Gasteiger charge is -2.15. The van der Waals surface area contributed by atoms with Gasteiger partial charge in [0.2, 0.25) is 0 Å². The Hall–Kier alpha value is -3.12. The smallest absolute Gasteiger partial charge is 0.197 e. The van der Waals surface area contributed by atoms with Crippen molar-refractivity contribution in [3.8, 4) is 17.1 Å². The molecule has 1 heterocycles. The molecule has 0 fully saturated rings. The molecule has 0 aliphatic rings. The Morgan fingerprint density at radius 3 is 2.55 bits per heavy atom. The summed E-state index contributed by atoms with van der Waals surface area (Å²) >= 11 is 6.12. The maximum atomic E-state index is 13.4. The van der Waals surface area contributed by atoms with Gasteiger partial charge in [0.1, 0.15) is 29.8 Å². The van der Waals surface area contributed by atoms with Crippen LogP contribution in [-0.2, 0) is 0 Å². The van der Waals surface area contributed by atoms with E-state index in [1.807, 2.05) is 50.2 Å². The van der Waals surface area contributed by atoms with Gasteiger partial charge in [-0.15, -0.1) is 0 Å². The van der Waals surface area contributed by atoms with Crippen LogP contribution in [0.3, 0.4) is 0 Å². The topological polar surface area (TPSA) is 71.7 Å². The van der Waals surface area contributed by atoms with Crippen molar-refractivity contribution in [2.24, 2.45) is 0 Å². The number of hydrogen-bond acceptors (Lipinski definition) is 5. The third-order valence-corrected chi connectivity index (χ3v) is 5.47. The zero-order valence-electron chi connectivity index (χ0n) is 18.5. The van der Waals surface area contributed by atoms with Gasteiger partial charge in [0.05, 0.1) is 5.56 Å². The number of halogens is 1. The molecule has 4 aromatic rings. The highest BCUT2D eigenvalue weighted by Crippen LogP contribution is 2.36. The first kappa shape index (κ1) is 23.1. The third kappa shape index (κ3) is 5.45. The summed E-state index contributed by atoms with van der Waals surface area (Å²) in [6.45, 7) is 4.69. The summed E-state index contributed by atoms with van der Waals surface area (Å²) in [6, 6.07) is 22.0. The molecule has 0 aliphatic heterocycles. The quantitative estimate of drug-likeness (QED) is 0.310. The number of benzene rings is 3. The number of rotatable bonds is 9. The Morgan fingerprint density at radius 1 is 1.06 bits per heavy atom. The number of ether oxygens (including phenoxy) is 1. The van der Waals surface area contributed by atoms with Crippen LogP contribution in [0.1, 0.15) is 29.8 Å². The van der Waals surface area contributed by atoms with E-state index in [0.29, 0.717) is 45.8 Å². The zero-order valence-corrected chi connectivity index (χ0v) is 19.3. The van der Waals surface area contributed by atoms with E-state index >= 15 is 0 Å². The van der Waals surface area contributed by atoms with Gasteiger partial charge in [0, 0.05) is 34.1 Å². The molecule has 0 radical (unpaired) electrons. The maximum Gasteiger partial charge on any atom is 0.197 e. The van der Waals surface area contributed by atoms with Crippen LogP contribution in [0, 0.1) is 0 Å². The summed E-state index contributed by atoms with van der Waals surface area (Å²) in [5, 5.41) is 14.5. The number of para-hydroxylation sites is 1. The van der Waals surface area contributed by atoms with Gasteiger partial charge < -0.3 is 19.6 Å². The van der Waals surface area contributed by atoms with Crippen LogP contribution in [0.5, 0.6) is 5.75 Å². The minimum absolute atomic E-state index is 0.154. The molecule has 4 rings (SSSR count). The van der Waals surface area contributed by atoms with E-state index in [9.17, 15) is 9.90 Å². The molecule has 1 atom stereocenters. The molecule has 0 bridgehead atoms. The minimum atomic E-state index is -0.607. The molecular weight excluding hydrogens is 438 g/mol. The van der Waals surface area contributed by atoms with Crippen LogP contribution in [0.2, 0.25) is 5.02 Å². The van der Waals surface area contributed by atoms with Gasteiger partial charge in [-0.05, 0) is 42.5 Å². The summed E-state index contributed by atoms with van der Waals surface area (Å²) in [5.74, 6) is 0.966. The number of furan rings is 1. The number of ketones is 1. The van der Waals surface area contributed by atoms with Gasteiger partial charge in [0.15, 0.2) is 5.78 Å². The van der Waals surface area contributed by atoms with E-state index in [0.717, 1.165) is 10.9 Å². The highest BCUT2D eigenvalue weighted by molar-refractivity contribution is 6.31. The second kappa shape index (κ2) is 10.2. The van der Waals surface area contributed by atoms with Gasteiger partial charge in [-0.2, -0.15) is 0 Å². The molecule has 0 amide bonds. The number of carbonyl (C=O) groups excluding carboxylic acids is 1. The van der Waals surface area contributed by atoms with Crippen molar-refractivity contribution in [1.29, 1.82) is 0 Å². The van der Waals surface area contributed by atoms with Crippen molar-refractivity contribution < 1.29 is 19.1 Å². The Bertz CT molecular complexity index is 1250. The number of carbonyl (C=O) groups is 1. The van der Waals surface area contributed by atoms with Crippen molar-refractivity contribution in [2.45, 2.75) is 26.0 Å². The Kier molecular flexibility index (Phi) is 7.14. The van der Waals surface area contributed by atoms with E-state index in [1.165, 1.54) is 0 Å². The van der Waals surface area contributed by atoms with Crippen molar-refractivity contribution >= 4 is 28.4 Å². The second-order valence-electron chi connectivity index (χ2n) is 8.19. The number of nitrogens with one attached hydrogen (secondary N) is 1. The summed E-state index contributed by atoms with van der Waals surface area (Å²) in [5.41, 5.74) is 2.39. The average Bonchev–Trinajstić information content (AvgIpc) is 3.21. The number of hydrogen-bond donors (Lipinski definition) is 2.